The highest BCUT2D eigenvalue weighted by atomic mass is 35.5. The molecule has 0 radical (unpaired) electrons. The number of aliphatic hydroxyl groups is 1. The van der Waals surface area contributed by atoms with E-state index in [1.54, 1.807) is 26.0 Å². The number of carbonyl (C=O) groups is 4. The monoisotopic (exact) mass is 520 g/mol. The summed E-state index contributed by atoms with van der Waals surface area (Å²) in [5.74, 6) is -2.44. The molecule has 4 aliphatic rings. The van der Waals surface area contributed by atoms with E-state index < -0.39 is 46.9 Å². The van der Waals surface area contributed by atoms with Crippen LogP contribution in [0.3, 0.4) is 0 Å². The Kier molecular flexibility index (Phi) is 7.06. The van der Waals surface area contributed by atoms with Crippen molar-refractivity contribution in [2.45, 2.75) is 83.8 Å². The van der Waals surface area contributed by atoms with Gasteiger partial charge in [0.2, 0.25) is 5.78 Å². The molecule has 36 heavy (non-hydrogen) atoms. The molecule has 0 aromatic rings. The predicted octanol–water partition coefficient (Wildman–Crippen LogP) is 3.94. The number of fused-ring (bicyclic) bond motifs is 5. The average Bonchev–Trinajstić information content (AvgIpc) is 3.04. The lowest BCUT2D eigenvalue weighted by molar-refractivity contribution is -0.205. The molecule has 4 rings (SSSR count). The molecule has 1 N–H and O–H groups in total. The summed E-state index contributed by atoms with van der Waals surface area (Å²) in [6.45, 7) is 8.69. The molecule has 3 fully saturated rings. The van der Waals surface area contributed by atoms with E-state index in [1.165, 1.54) is 0 Å². The van der Waals surface area contributed by atoms with Gasteiger partial charge in [0.25, 0.3) is 0 Å². The second-order valence-electron chi connectivity index (χ2n) is 11.4. The molecular formula is C28H37ClO7. The summed E-state index contributed by atoms with van der Waals surface area (Å²) >= 11 is 7.04. The van der Waals surface area contributed by atoms with Crippen molar-refractivity contribution in [2.75, 3.05) is 6.61 Å². The smallest absolute Gasteiger partial charge is 0.306 e. The summed E-state index contributed by atoms with van der Waals surface area (Å²) in [7, 11) is 0. The van der Waals surface area contributed by atoms with E-state index in [0.717, 1.165) is 5.57 Å². The van der Waals surface area contributed by atoms with Gasteiger partial charge in [-0.15, -0.1) is 11.6 Å². The van der Waals surface area contributed by atoms with Crippen LogP contribution in [0.1, 0.15) is 66.7 Å². The number of Topliss-reactive ketones (excluding diaryl/α,β-unsaturated/α-hetero) is 1. The standard InChI is InChI=1S/C28H37ClO7/c1-6-22(33)35-14-21(32)28(36-23(34)7-2)15(3)10-18-24-19(29)12-16-11-17(30)8-9-26(16,4)25(24)20(31)13-27(18,28)5/h8-9,11,15,18-20,24-25,31H,6-7,10,12-14H2,1-5H3/t15-,18+,19-,20+,24?,25?,26+,27+,28+/m1/s1. The summed E-state index contributed by atoms with van der Waals surface area (Å²) in [6, 6.07) is 0. The van der Waals surface area contributed by atoms with Crippen LogP contribution in [-0.4, -0.2) is 52.3 Å². The van der Waals surface area contributed by atoms with E-state index in [2.05, 4.69) is 0 Å². The van der Waals surface area contributed by atoms with Crippen LogP contribution in [0.4, 0.5) is 0 Å². The Morgan fingerprint density at radius 3 is 2.47 bits per heavy atom. The van der Waals surface area contributed by atoms with Gasteiger partial charge < -0.3 is 14.6 Å². The van der Waals surface area contributed by atoms with Gasteiger partial charge in [0.15, 0.2) is 18.0 Å². The van der Waals surface area contributed by atoms with Crippen molar-refractivity contribution in [3.63, 3.8) is 0 Å². The van der Waals surface area contributed by atoms with Crippen LogP contribution in [0.2, 0.25) is 0 Å². The minimum Gasteiger partial charge on any atom is -0.457 e. The summed E-state index contributed by atoms with van der Waals surface area (Å²) in [4.78, 5) is 50.5. The molecule has 0 amide bonds. The average molecular weight is 521 g/mol. The molecule has 0 bridgehead atoms. The van der Waals surface area contributed by atoms with Crippen molar-refractivity contribution in [1.82, 2.24) is 0 Å². The Bertz CT molecular complexity index is 1030. The molecule has 8 heteroatoms. The van der Waals surface area contributed by atoms with E-state index in [9.17, 15) is 24.3 Å². The number of allylic oxidation sites excluding steroid dienone is 4. The Hall–Kier alpha value is -1.99. The quantitative estimate of drug-likeness (QED) is 0.417. The van der Waals surface area contributed by atoms with Crippen molar-refractivity contribution in [2.24, 2.45) is 34.5 Å². The lowest BCUT2D eigenvalue weighted by atomic mass is 9.46. The highest BCUT2D eigenvalue weighted by molar-refractivity contribution is 6.21. The number of hydrogen-bond acceptors (Lipinski definition) is 7. The van der Waals surface area contributed by atoms with Crippen LogP contribution in [0.25, 0.3) is 0 Å². The molecule has 4 aliphatic carbocycles. The zero-order chi connectivity index (χ0) is 26.6. The maximum atomic E-state index is 13.9. The minimum absolute atomic E-state index is 0.0767. The Balaban J connectivity index is 1.79. The van der Waals surface area contributed by atoms with E-state index >= 15 is 0 Å². The van der Waals surface area contributed by atoms with Gasteiger partial charge in [-0.2, -0.15) is 0 Å². The maximum Gasteiger partial charge on any atom is 0.306 e. The van der Waals surface area contributed by atoms with Crippen molar-refractivity contribution in [3.8, 4) is 0 Å². The van der Waals surface area contributed by atoms with Crippen LogP contribution in [0.15, 0.2) is 23.8 Å². The zero-order valence-electron chi connectivity index (χ0n) is 21.7. The molecule has 9 atom stereocenters. The van der Waals surface area contributed by atoms with Gasteiger partial charge in [0.05, 0.1) is 6.10 Å². The Morgan fingerprint density at radius 2 is 1.83 bits per heavy atom. The molecule has 0 aromatic carbocycles. The van der Waals surface area contributed by atoms with E-state index in [1.807, 2.05) is 26.8 Å². The molecular weight excluding hydrogens is 484 g/mol. The fraction of sp³-hybridized carbons (Fsp3) is 0.714. The SMILES string of the molecule is CCC(=O)OCC(=O)[C@@]1(OC(=O)CC)[C@H](C)C[C@H]2C3C([C@@H](O)C[C@@]21C)[C@@]1(C)C=CC(=O)C=C1C[C@H]3Cl. The summed E-state index contributed by atoms with van der Waals surface area (Å²) < 4.78 is 11.3. The maximum absolute atomic E-state index is 13.9. The predicted molar refractivity (Wildman–Crippen MR) is 133 cm³/mol. The Morgan fingerprint density at radius 1 is 1.17 bits per heavy atom. The number of aliphatic hydroxyl groups excluding tert-OH is 1. The van der Waals surface area contributed by atoms with E-state index in [-0.39, 0.29) is 54.1 Å². The van der Waals surface area contributed by atoms with Gasteiger partial charge in [-0.1, -0.05) is 46.3 Å². The molecule has 0 aliphatic heterocycles. The third-order valence-corrected chi connectivity index (χ3v) is 10.1. The topological polar surface area (TPSA) is 107 Å². The van der Waals surface area contributed by atoms with Gasteiger partial charge >= 0.3 is 11.9 Å². The van der Waals surface area contributed by atoms with Crippen LogP contribution >= 0.6 is 11.6 Å². The van der Waals surface area contributed by atoms with Gasteiger partial charge in [-0.3, -0.25) is 19.2 Å². The number of rotatable bonds is 6. The lowest BCUT2D eigenvalue weighted by Crippen LogP contribution is -2.65. The Labute approximate surface area is 217 Å². The molecule has 0 saturated heterocycles. The van der Waals surface area contributed by atoms with Crippen molar-refractivity contribution in [3.05, 3.63) is 23.8 Å². The van der Waals surface area contributed by atoms with Crippen LogP contribution in [-0.2, 0) is 28.7 Å². The van der Waals surface area contributed by atoms with E-state index in [0.29, 0.717) is 12.8 Å². The number of esters is 2. The fourth-order valence-corrected chi connectivity index (χ4v) is 8.54. The molecule has 198 valence electrons. The first kappa shape index (κ1) is 27.1. The number of ether oxygens (including phenoxy) is 2. The summed E-state index contributed by atoms with van der Waals surface area (Å²) in [6.07, 6.45) is 5.79. The van der Waals surface area contributed by atoms with Crippen molar-refractivity contribution >= 4 is 35.1 Å². The highest BCUT2D eigenvalue weighted by Gasteiger charge is 2.73. The lowest BCUT2D eigenvalue weighted by Gasteiger charge is -2.61. The van der Waals surface area contributed by atoms with Crippen molar-refractivity contribution < 1.29 is 33.8 Å². The van der Waals surface area contributed by atoms with Crippen LogP contribution in [0, 0.1) is 34.5 Å². The molecule has 0 heterocycles. The number of halogens is 1. The largest absolute Gasteiger partial charge is 0.457 e. The first-order valence-corrected chi connectivity index (χ1v) is 13.5. The number of alkyl halides is 1. The molecule has 0 aromatic heterocycles. The van der Waals surface area contributed by atoms with Crippen LogP contribution in [0.5, 0.6) is 0 Å². The highest BCUT2D eigenvalue weighted by Crippen LogP contribution is 2.69. The first-order valence-electron chi connectivity index (χ1n) is 13.0. The third kappa shape index (κ3) is 3.80. The second-order valence-corrected chi connectivity index (χ2v) is 12.0. The van der Waals surface area contributed by atoms with Gasteiger partial charge in [-0.25, -0.2) is 0 Å². The van der Waals surface area contributed by atoms with Crippen molar-refractivity contribution in [1.29, 1.82) is 0 Å². The zero-order valence-corrected chi connectivity index (χ0v) is 22.5. The molecule has 7 nitrogen and oxygen atoms in total. The number of hydrogen-bond donors (Lipinski definition) is 1. The molecule has 3 saturated carbocycles. The first-order chi connectivity index (χ1) is 16.9. The summed E-state index contributed by atoms with van der Waals surface area (Å²) in [5.41, 5.74) is -2.06. The molecule has 2 unspecified atom stereocenters. The fourth-order valence-electron chi connectivity index (χ4n) is 8.04. The minimum atomic E-state index is -1.54. The normalized spacial score (nSPS) is 43.1. The van der Waals surface area contributed by atoms with Crippen LogP contribution < -0.4 is 0 Å². The number of ketones is 2. The van der Waals surface area contributed by atoms with Gasteiger partial charge in [0.1, 0.15) is 0 Å². The number of carbonyl (C=O) groups excluding carboxylic acids is 4. The second kappa shape index (κ2) is 9.39. The third-order valence-electron chi connectivity index (χ3n) is 9.65. The van der Waals surface area contributed by atoms with Gasteiger partial charge in [-0.05, 0) is 43.3 Å². The summed E-state index contributed by atoms with van der Waals surface area (Å²) in [5, 5.41) is 11.4. The van der Waals surface area contributed by atoms with Gasteiger partial charge in [0, 0.05) is 40.9 Å². The van der Waals surface area contributed by atoms with E-state index in [4.69, 9.17) is 21.1 Å². The molecule has 0 spiro atoms.